The zero-order chi connectivity index (χ0) is 24.3. The molecule has 180 valence electrons. The lowest BCUT2D eigenvalue weighted by atomic mass is 9.99. The van der Waals surface area contributed by atoms with E-state index in [4.69, 9.17) is 10.5 Å². The number of rotatable bonds is 5. The van der Waals surface area contributed by atoms with Crippen molar-refractivity contribution >= 4 is 16.9 Å². The Kier molecular flexibility index (Phi) is 7.24. The van der Waals surface area contributed by atoms with Gasteiger partial charge >= 0.3 is 0 Å². The largest absolute Gasteiger partial charge is 0.485 e. The quantitative estimate of drug-likeness (QED) is 0.483. The highest BCUT2D eigenvalue weighted by atomic mass is 32.1. The number of benzene rings is 1. The highest BCUT2D eigenvalue weighted by Crippen LogP contribution is 2.34. The van der Waals surface area contributed by atoms with Gasteiger partial charge in [-0.25, -0.2) is 9.37 Å². The van der Waals surface area contributed by atoms with Gasteiger partial charge in [0, 0.05) is 42.9 Å². The number of hydrogen-bond acceptors (Lipinski definition) is 8. The van der Waals surface area contributed by atoms with Crippen LogP contribution in [0.2, 0.25) is 0 Å². The van der Waals surface area contributed by atoms with Crippen molar-refractivity contribution in [3.05, 3.63) is 68.9 Å². The van der Waals surface area contributed by atoms with Gasteiger partial charge in [0.2, 0.25) is 0 Å². The van der Waals surface area contributed by atoms with Crippen LogP contribution in [-0.2, 0) is 11.3 Å². The molecular formula is C25H29FN4O3S. The Bertz CT molecular complexity index is 1160. The molecule has 1 aromatic carbocycles. The summed E-state index contributed by atoms with van der Waals surface area (Å²) in [6.07, 6.45) is 5.50. The van der Waals surface area contributed by atoms with Crippen LogP contribution in [0, 0.1) is 17.7 Å². The van der Waals surface area contributed by atoms with E-state index in [2.05, 4.69) is 22.1 Å². The molecule has 0 unspecified atom stereocenters. The molecule has 2 aliphatic heterocycles. The summed E-state index contributed by atoms with van der Waals surface area (Å²) < 4.78 is 20.2. The summed E-state index contributed by atoms with van der Waals surface area (Å²) in [5.41, 5.74) is 6.90. The first-order valence-corrected chi connectivity index (χ1v) is 12.0. The Morgan fingerprint density at radius 2 is 2.12 bits per heavy atom. The second-order valence-electron chi connectivity index (χ2n) is 9.00. The highest BCUT2D eigenvalue weighted by Gasteiger charge is 2.23. The van der Waals surface area contributed by atoms with Crippen molar-refractivity contribution < 1.29 is 19.4 Å². The number of halogens is 1. The molecule has 34 heavy (non-hydrogen) atoms. The standard InChI is InChI=1S/C25H29FN4O3S/c1-25(2,31)8-5-16-3-4-20(26)19(11-16)15-33-21-12-18(13-28-23(21)27)22-14-29-24(34-22)17-6-9-30(32)10-7-17/h3-4,11-12,14,17,28,31-32H,6-7,9-10,13,15,27H2,1-2H3. The number of ether oxygens (including phenoxy) is 1. The van der Waals surface area contributed by atoms with Gasteiger partial charge in [-0.1, -0.05) is 11.8 Å². The predicted octanol–water partition coefficient (Wildman–Crippen LogP) is 3.30. The fourth-order valence-electron chi connectivity index (χ4n) is 3.72. The minimum absolute atomic E-state index is 0.0148. The predicted molar refractivity (Wildman–Crippen MR) is 129 cm³/mol. The van der Waals surface area contributed by atoms with Gasteiger partial charge in [0.15, 0.2) is 5.76 Å². The van der Waals surface area contributed by atoms with E-state index < -0.39 is 11.4 Å². The summed E-state index contributed by atoms with van der Waals surface area (Å²) >= 11 is 1.64. The van der Waals surface area contributed by atoms with Gasteiger partial charge in [0.1, 0.15) is 23.8 Å². The van der Waals surface area contributed by atoms with Crippen LogP contribution in [0.5, 0.6) is 0 Å². The molecule has 0 radical (unpaired) electrons. The number of piperidine rings is 1. The van der Waals surface area contributed by atoms with Gasteiger partial charge in [-0.05, 0) is 56.5 Å². The number of aliphatic hydroxyl groups is 1. The zero-order valence-corrected chi connectivity index (χ0v) is 20.1. The number of nitrogens with two attached hydrogens (primary N) is 1. The van der Waals surface area contributed by atoms with Crippen molar-refractivity contribution in [1.29, 1.82) is 0 Å². The number of hydroxylamine groups is 2. The second-order valence-corrected chi connectivity index (χ2v) is 10.1. The number of hydrogen-bond donors (Lipinski definition) is 4. The molecule has 4 rings (SSSR count). The van der Waals surface area contributed by atoms with E-state index in [1.807, 2.05) is 12.3 Å². The van der Waals surface area contributed by atoms with Gasteiger partial charge in [0.25, 0.3) is 0 Å². The fraction of sp³-hybridized carbons (Fsp3) is 0.400. The number of nitrogens with one attached hydrogen (secondary N) is 1. The van der Waals surface area contributed by atoms with Crippen LogP contribution >= 0.6 is 11.3 Å². The third kappa shape index (κ3) is 6.15. The minimum atomic E-state index is -1.13. The average molecular weight is 485 g/mol. The lowest BCUT2D eigenvalue weighted by molar-refractivity contribution is -0.106. The molecule has 2 aromatic rings. The first kappa shape index (κ1) is 24.2. The molecule has 1 fully saturated rings. The Labute approximate surface area is 202 Å². The first-order valence-electron chi connectivity index (χ1n) is 11.2. The highest BCUT2D eigenvalue weighted by molar-refractivity contribution is 7.12. The Hall–Kier alpha value is -2.90. The van der Waals surface area contributed by atoms with Crippen LogP contribution in [0.3, 0.4) is 0 Å². The summed E-state index contributed by atoms with van der Waals surface area (Å²) in [6.45, 7) is 5.02. The molecule has 0 amide bonds. The van der Waals surface area contributed by atoms with E-state index in [0.29, 0.717) is 48.3 Å². The van der Waals surface area contributed by atoms with Crippen LogP contribution in [0.1, 0.15) is 53.6 Å². The van der Waals surface area contributed by atoms with Gasteiger partial charge in [-0.3, -0.25) is 0 Å². The summed E-state index contributed by atoms with van der Waals surface area (Å²) in [5.74, 6) is 6.36. The maximum Gasteiger partial charge on any atom is 0.159 e. The van der Waals surface area contributed by atoms with Gasteiger partial charge < -0.3 is 26.1 Å². The number of dihydropyridines is 1. The van der Waals surface area contributed by atoms with Gasteiger partial charge in [-0.2, -0.15) is 5.06 Å². The van der Waals surface area contributed by atoms with Crippen molar-refractivity contribution in [3.63, 3.8) is 0 Å². The molecular weight excluding hydrogens is 455 g/mol. The van der Waals surface area contributed by atoms with E-state index >= 15 is 0 Å². The Morgan fingerprint density at radius 1 is 1.35 bits per heavy atom. The lowest BCUT2D eigenvalue weighted by Gasteiger charge is -2.25. The van der Waals surface area contributed by atoms with E-state index in [9.17, 15) is 14.7 Å². The summed E-state index contributed by atoms with van der Waals surface area (Å²) in [4.78, 5) is 5.64. The van der Waals surface area contributed by atoms with Gasteiger partial charge in [-0.15, -0.1) is 11.3 Å². The summed E-state index contributed by atoms with van der Waals surface area (Å²) in [7, 11) is 0. The van der Waals surface area contributed by atoms with E-state index in [-0.39, 0.29) is 6.61 Å². The molecule has 5 N–H and O–H groups in total. The fourth-order valence-corrected chi connectivity index (χ4v) is 4.82. The third-order valence-corrected chi connectivity index (χ3v) is 6.88. The van der Waals surface area contributed by atoms with Gasteiger partial charge in [0.05, 0.1) is 9.88 Å². The van der Waals surface area contributed by atoms with Crippen molar-refractivity contribution in [1.82, 2.24) is 15.4 Å². The SMILES string of the molecule is CC(C)(O)C#Cc1ccc(F)c(COC2=C(N)NCC(c3cnc(C4CCN(O)CC4)s3)=C2)c1. The molecule has 9 heteroatoms. The Balaban J connectivity index is 1.46. The monoisotopic (exact) mass is 484 g/mol. The van der Waals surface area contributed by atoms with Crippen LogP contribution in [0.25, 0.3) is 5.57 Å². The Morgan fingerprint density at radius 3 is 2.85 bits per heavy atom. The maximum absolute atomic E-state index is 14.4. The topological polar surface area (TPSA) is 104 Å². The van der Waals surface area contributed by atoms with Crippen molar-refractivity contribution in [2.75, 3.05) is 19.6 Å². The van der Waals surface area contributed by atoms with Crippen LogP contribution in [0.4, 0.5) is 4.39 Å². The zero-order valence-electron chi connectivity index (χ0n) is 19.3. The molecule has 1 aromatic heterocycles. The molecule has 0 aliphatic carbocycles. The van der Waals surface area contributed by atoms with E-state index in [0.717, 1.165) is 28.3 Å². The lowest BCUT2D eigenvalue weighted by Crippen LogP contribution is -2.29. The number of thiazole rings is 1. The normalized spacial score (nSPS) is 17.6. The minimum Gasteiger partial charge on any atom is -0.485 e. The van der Waals surface area contributed by atoms with Crippen LogP contribution in [0.15, 0.2) is 42.1 Å². The molecule has 0 saturated carbocycles. The first-order chi connectivity index (χ1) is 16.2. The van der Waals surface area contributed by atoms with E-state index in [1.165, 1.54) is 11.1 Å². The molecule has 2 aliphatic rings. The average Bonchev–Trinajstić information content (AvgIpc) is 3.29. The third-order valence-electron chi connectivity index (χ3n) is 5.64. The number of allylic oxidation sites excluding steroid dienone is 1. The smallest absolute Gasteiger partial charge is 0.159 e. The van der Waals surface area contributed by atoms with Crippen molar-refractivity contribution in [3.8, 4) is 11.8 Å². The maximum atomic E-state index is 14.4. The summed E-state index contributed by atoms with van der Waals surface area (Å²) in [6, 6.07) is 4.52. The molecule has 3 heterocycles. The van der Waals surface area contributed by atoms with Crippen molar-refractivity contribution in [2.24, 2.45) is 5.73 Å². The molecule has 1 saturated heterocycles. The molecule has 0 bridgehead atoms. The van der Waals surface area contributed by atoms with Crippen LogP contribution in [-0.4, -0.2) is 45.6 Å². The molecule has 7 nitrogen and oxygen atoms in total. The number of nitrogens with zero attached hydrogens (tertiary/aromatic N) is 2. The molecule has 0 atom stereocenters. The van der Waals surface area contributed by atoms with E-state index in [1.54, 1.807) is 37.3 Å². The second kappa shape index (κ2) is 10.2. The van der Waals surface area contributed by atoms with Crippen molar-refractivity contribution in [2.45, 2.75) is 44.8 Å². The number of aromatic nitrogens is 1. The molecule has 0 spiro atoms. The summed E-state index contributed by atoms with van der Waals surface area (Å²) in [5, 5.41) is 24.9. The van der Waals surface area contributed by atoms with Crippen LogP contribution < -0.4 is 11.1 Å².